The van der Waals surface area contributed by atoms with E-state index in [1.54, 1.807) is 50.2 Å². The lowest BCUT2D eigenvalue weighted by Crippen LogP contribution is -2.34. The molecule has 3 N–H and O–H groups in total. The van der Waals surface area contributed by atoms with Crippen LogP contribution >= 0.6 is 0 Å². The molecule has 0 fully saturated rings. The first-order valence-electron chi connectivity index (χ1n) is 7.81. The minimum Gasteiger partial charge on any atom is -0.457 e. The Labute approximate surface area is 147 Å². The van der Waals surface area contributed by atoms with Crippen LogP contribution in [0.3, 0.4) is 0 Å². The van der Waals surface area contributed by atoms with Gasteiger partial charge in [-0.2, -0.15) is 0 Å². The van der Waals surface area contributed by atoms with Gasteiger partial charge in [0.05, 0.1) is 10.8 Å². The third-order valence-electron chi connectivity index (χ3n) is 3.79. The molecule has 7 heteroatoms. The van der Waals surface area contributed by atoms with Gasteiger partial charge in [-0.15, -0.1) is 0 Å². The van der Waals surface area contributed by atoms with Gasteiger partial charge < -0.3 is 15.8 Å². The average molecular weight is 362 g/mol. The smallest absolute Gasteiger partial charge is 0.228 e. The maximum absolute atomic E-state index is 12.0. The SMILES string of the molecule is CC(N)C(C)C(=O)Nc1ccc(Oc2cccc(S(C)(=O)=O)c2)cc1. The van der Waals surface area contributed by atoms with Crippen LogP contribution in [0.1, 0.15) is 13.8 Å². The molecule has 2 aromatic carbocycles. The van der Waals surface area contributed by atoms with Crippen LogP contribution in [0.15, 0.2) is 53.4 Å². The molecule has 1 amide bonds. The van der Waals surface area contributed by atoms with Gasteiger partial charge in [0.1, 0.15) is 11.5 Å². The quantitative estimate of drug-likeness (QED) is 0.823. The first-order valence-corrected chi connectivity index (χ1v) is 9.70. The Bertz CT molecular complexity index is 846. The molecule has 134 valence electrons. The van der Waals surface area contributed by atoms with Crippen LogP contribution in [0.25, 0.3) is 0 Å². The molecule has 0 aliphatic carbocycles. The molecular weight excluding hydrogens is 340 g/mol. The van der Waals surface area contributed by atoms with Crippen LogP contribution in [0, 0.1) is 5.92 Å². The topological polar surface area (TPSA) is 98.5 Å². The van der Waals surface area contributed by atoms with Crippen molar-refractivity contribution in [2.24, 2.45) is 11.7 Å². The molecule has 6 nitrogen and oxygen atoms in total. The molecule has 0 bridgehead atoms. The Kier molecular flexibility index (Phi) is 5.81. The van der Waals surface area contributed by atoms with Crippen molar-refractivity contribution < 1.29 is 17.9 Å². The zero-order valence-corrected chi connectivity index (χ0v) is 15.2. The number of nitrogens with one attached hydrogen (secondary N) is 1. The Morgan fingerprint density at radius 2 is 1.72 bits per heavy atom. The maximum Gasteiger partial charge on any atom is 0.228 e. The van der Waals surface area contributed by atoms with Crippen LogP contribution in [0.5, 0.6) is 11.5 Å². The van der Waals surface area contributed by atoms with Crippen LogP contribution in [-0.2, 0) is 14.6 Å². The molecule has 0 heterocycles. The van der Waals surface area contributed by atoms with Crippen LogP contribution in [0.2, 0.25) is 0 Å². The lowest BCUT2D eigenvalue weighted by Gasteiger charge is -2.15. The molecular formula is C18H22N2O4S. The average Bonchev–Trinajstić information content (AvgIpc) is 2.55. The molecule has 2 aromatic rings. The number of sulfone groups is 1. The summed E-state index contributed by atoms with van der Waals surface area (Å²) in [6, 6.07) is 12.9. The standard InChI is InChI=1S/C18H22N2O4S/c1-12(13(2)19)18(21)20-14-7-9-15(10-8-14)24-16-5-4-6-17(11-16)25(3,22)23/h4-13H,19H2,1-3H3,(H,20,21). The van der Waals surface area contributed by atoms with E-state index in [0.29, 0.717) is 17.2 Å². The predicted octanol–water partition coefficient (Wildman–Crippen LogP) is 2.80. The van der Waals surface area contributed by atoms with Crippen molar-refractivity contribution in [3.8, 4) is 11.5 Å². The van der Waals surface area contributed by atoms with Gasteiger partial charge >= 0.3 is 0 Å². The monoisotopic (exact) mass is 362 g/mol. The zero-order chi connectivity index (χ0) is 18.6. The zero-order valence-electron chi connectivity index (χ0n) is 14.4. The summed E-state index contributed by atoms with van der Waals surface area (Å²) in [6.07, 6.45) is 1.15. The number of carbonyl (C=O) groups excluding carboxylic acids is 1. The van der Waals surface area contributed by atoms with Crippen molar-refractivity contribution in [3.05, 3.63) is 48.5 Å². The first kappa shape index (κ1) is 19.0. The van der Waals surface area contributed by atoms with Gasteiger partial charge in [-0.25, -0.2) is 8.42 Å². The van der Waals surface area contributed by atoms with Gasteiger partial charge in [0.25, 0.3) is 0 Å². The van der Waals surface area contributed by atoms with Crippen molar-refractivity contribution in [3.63, 3.8) is 0 Å². The van der Waals surface area contributed by atoms with E-state index in [0.717, 1.165) is 6.26 Å². The molecule has 2 atom stereocenters. The van der Waals surface area contributed by atoms with Crippen molar-refractivity contribution in [1.82, 2.24) is 0 Å². The maximum atomic E-state index is 12.0. The fourth-order valence-electron chi connectivity index (χ4n) is 2.01. The molecule has 0 saturated heterocycles. The summed E-state index contributed by atoms with van der Waals surface area (Å²) >= 11 is 0. The summed E-state index contributed by atoms with van der Waals surface area (Å²) in [7, 11) is -3.29. The molecule has 0 radical (unpaired) electrons. The normalized spacial score (nSPS) is 13.8. The van der Waals surface area contributed by atoms with Gasteiger partial charge in [0.15, 0.2) is 9.84 Å². The third-order valence-corrected chi connectivity index (χ3v) is 4.90. The number of amides is 1. The Morgan fingerprint density at radius 3 is 2.28 bits per heavy atom. The van der Waals surface area contributed by atoms with Crippen LogP contribution in [0.4, 0.5) is 5.69 Å². The minimum atomic E-state index is -3.29. The van der Waals surface area contributed by atoms with Crippen molar-refractivity contribution in [2.45, 2.75) is 24.8 Å². The second kappa shape index (κ2) is 7.67. The van der Waals surface area contributed by atoms with E-state index >= 15 is 0 Å². The predicted molar refractivity (Wildman–Crippen MR) is 97.5 cm³/mol. The van der Waals surface area contributed by atoms with Gasteiger partial charge in [-0.1, -0.05) is 13.0 Å². The summed E-state index contributed by atoms with van der Waals surface area (Å²) in [4.78, 5) is 12.2. The lowest BCUT2D eigenvalue weighted by atomic mass is 10.0. The Morgan fingerprint density at radius 1 is 1.08 bits per heavy atom. The molecule has 0 aliphatic rings. The molecule has 2 rings (SSSR count). The van der Waals surface area contributed by atoms with Gasteiger partial charge in [-0.3, -0.25) is 4.79 Å². The van der Waals surface area contributed by atoms with E-state index in [4.69, 9.17) is 10.5 Å². The molecule has 2 unspecified atom stereocenters. The van der Waals surface area contributed by atoms with E-state index in [9.17, 15) is 13.2 Å². The van der Waals surface area contributed by atoms with Gasteiger partial charge in [-0.05, 0) is 49.4 Å². The van der Waals surface area contributed by atoms with Crippen LogP contribution in [-0.4, -0.2) is 26.6 Å². The molecule has 0 saturated carbocycles. The number of hydrogen-bond acceptors (Lipinski definition) is 5. The highest BCUT2D eigenvalue weighted by Gasteiger charge is 2.17. The summed E-state index contributed by atoms with van der Waals surface area (Å²) in [5.74, 6) is 0.508. The van der Waals surface area contributed by atoms with Crippen LogP contribution < -0.4 is 15.8 Å². The van der Waals surface area contributed by atoms with E-state index in [-0.39, 0.29) is 22.8 Å². The van der Waals surface area contributed by atoms with Crippen molar-refractivity contribution >= 4 is 21.4 Å². The number of rotatable bonds is 6. The van der Waals surface area contributed by atoms with E-state index in [2.05, 4.69) is 5.32 Å². The number of ether oxygens (including phenoxy) is 1. The first-order chi connectivity index (χ1) is 11.7. The Balaban J connectivity index is 2.07. The number of hydrogen-bond donors (Lipinski definition) is 2. The highest BCUT2D eigenvalue weighted by Crippen LogP contribution is 2.25. The number of nitrogens with two attached hydrogens (primary N) is 1. The molecule has 0 aromatic heterocycles. The second-order valence-corrected chi connectivity index (χ2v) is 8.03. The number of carbonyl (C=O) groups is 1. The molecule has 0 aliphatic heterocycles. The lowest BCUT2D eigenvalue weighted by molar-refractivity contribution is -0.119. The molecule has 0 spiro atoms. The van der Waals surface area contributed by atoms with Crippen molar-refractivity contribution in [2.75, 3.05) is 11.6 Å². The summed E-state index contributed by atoms with van der Waals surface area (Å²) in [6.45, 7) is 3.55. The van der Waals surface area contributed by atoms with Crippen molar-refractivity contribution in [1.29, 1.82) is 0 Å². The van der Waals surface area contributed by atoms with Gasteiger partial charge in [0, 0.05) is 18.0 Å². The fraction of sp³-hybridized carbons (Fsp3) is 0.278. The summed E-state index contributed by atoms with van der Waals surface area (Å²) < 4.78 is 28.8. The van der Waals surface area contributed by atoms with Gasteiger partial charge in [0.2, 0.25) is 5.91 Å². The fourth-order valence-corrected chi connectivity index (χ4v) is 2.66. The third kappa shape index (κ3) is 5.30. The summed E-state index contributed by atoms with van der Waals surface area (Å²) in [5.41, 5.74) is 6.35. The van der Waals surface area contributed by atoms with E-state index < -0.39 is 9.84 Å². The highest BCUT2D eigenvalue weighted by molar-refractivity contribution is 7.90. The van der Waals surface area contributed by atoms with E-state index in [1.807, 2.05) is 0 Å². The summed E-state index contributed by atoms with van der Waals surface area (Å²) in [5, 5.41) is 2.79. The number of anilines is 1. The largest absolute Gasteiger partial charge is 0.457 e. The second-order valence-electron chi connectivity index (χ2n) is 6.01. The van der Waals surface area contributed by atoms with E-state index in [1.165, 1.54) is 12.1 Å². The Hall–Kier alpha value is -2.38. The highest BCUT2D eigenvalue weighted by atomic mass is 32.2. The molecule has 25 heavy (non-hydrogen) atoms. The minimum absolute atomic E-state index is 0.149. The number of benzene rings is 2.